The molecule has 1 unspecified atom stereocenters. The molecule has 5 rings (SSSR count). The van der Waals surface area contributed by atoms with E-state index in [9.17, 15) is 10.1 Å². The number of nitrogen functional groups attached to an aromatic ring is 1. The van der Waals surface area contributed by atoms with Gasteiger partial charge in [0.15, 0.2) is 0 Å². The number of ether oxygens (including phenoxy) is 1. The summed E-state index contributed by atoms with van der Waals surface area (Å²) in [7, 11) is 0. The number of anilines is 1. The van der Waals surface area contributed by atoms with E-state index in [2.05, 4.69) is 33.8 Å². The van der Waals surface area contributed by atoms with Crippen molar-refractivity contribution in [3.05, 3.63) is 68.5 Å². The van der Waals surface area contributed by atoms with Crippen molar-refractivity contribution < 1.29 is 9.66 Å². The molecule has 4 aromatic rings. The zero-order valence-corrected chi connectivity index (χ0v) is 22.8. The Bertz CT molecular complexity index is 1490. The van der Waals surface area contributed by atoms with Gasteiger partial charge in [0, 0.05) is 29.6 Å². The van der Waals surface area contributed by atoms with E-state index in [0.717, 1.165) is 65.5 Å². The van der Waals surface area contributed by atoms with Crippen molar-refractivity contribution in [3.8, 4) is 0 Å². The van der Waals surface area contributed by atoms with Crippen LogP contribution in [-0.4, -0.2) is 20.5 Å². The average molecular weight is 519 g/mol. The van der Waals surface area contributed by atoms with Crippen LogP contribution in [0.15, 0.2) is 30.5 Å². The molecular formula is C29H34N4O3S. The first kappa shape index (κ1) is 25.5. The molecule has 3 aromatic heterocycles. The van der Waals surface area contributed by atoms with Crippen LogP contribution in [0.5, 0.6) is 0 Å². The lowest BCUT2D eigenvalue weighted by atomic mass is 9.88. The highest BCUT2D eigenvalue weighted by Gasteiger charge is 2.28. The van der Waals surface area contributed by atoms with Gasteiger partial charge in [-0.15, -0.1) is 11.3 Å². The minimum absolute atomic E-state index is 0.0103. The number of nitrogens with zero attached hydrogens (tertiary/aromatic N) is 3. The number of benzene rings is 1. The normalized spacial score (nSPS) is 15.7. The molecule has 0 radical (unpaired) electrons. The van der Waals surface area contributed by atoms with E-state index >= 15 is 0 Å². The van der Waals surface area contributed by atoms with Crippen LogP contribution in [-0.2, 0) is 37.0 Å². The third kappa shape index (κ3) is 5.05. The van der Waals surface area contributed by atoms with Gasteiger partial charge in [0.1, 0.15) is 10.5 Å². The molecule has 0 fully saturated rings. The van der Waals surface area contributed by atoms with E-state index < -0.39 is 4.92 Å². The highest BCUT2D eigenvalue weighted by molar-refractivity contribution is 7.25. The van der Waals surface area contributed by atoms with Crippen molar-refractivity contribution in [2.24, 2.45) is 5.92 Å². The smallest absolute Gasteiger partial charge is 0.292 e. The molecule has 2 N–H and O–H groups in total. The summed E-state index contributed by atoms with van der Waals surface area (Å²) >= 11 is 1.76. The maximum atomic E-state index is 11.3. The molecule has 0 bridgehead atoms. The van der Waals surface area contributed by atoms with Gasteiger partial charge < -0.3 is 10.5 Å². The van der Waals surface area contributed by atoms with Crippen molar-refractivity contribution in [2.45, 2.75) is 78.4 Å². The number of aromatic nitrogens is 2. The SMILES string of the molecule is CCc1cnc2c(sc3nc4c(cc32)COC(C)(C)C4)c1CC(CC)CCc1ccc(N)c([N+](=O)[O-])c1. The van der Waals surface area contributed by atoms with Crippen molar-refractivity contribution in [3.63, 3.8) is 0 Å². The predicted molar refractivity (Wildman–Crippen MR) is 150 cm³/mol. The zero-order chi connectivity index (χ0) is 26.3. The maximum absolute atomic E-state index is 11.3. The molecule has 194 valence electrons. The number of nitro groups is 1. The summed E-state index contributed by atoms with van der Waals surface area (Å²) in [5.41, 5.74) is 12.8. The second-order valence-corrected chi connectivity index (χ2v) is 11.7. The second kappa shape index (κ2) is 9.99. The van der Waals surface area contributed by atoms with Crippen LogP contribution in [0.2, 0.25) is 0 Å². The molecule has 0 saturated heterocycles. The van der Waals surface area contributed by atoms with E-state index in [1.165, 1.54) is 21.4 Å². The summed E-state index contributed by atoms with van der Waals surface area (Å²) in [6, 6.07) is 7.40. The maximum Gasteiger partial charge on any atom is 0.292 e. The summed E-state index contributed by atoms with van der Waals surface area (Å²) in [5, 5.41) is 12.4. The first-order valence-electron chi connectivity index (χ1n) is 13.1. The summed E-state index contributed by atoms with van der Waals surface area (Å²) < 4.78 is 7.29. The lowest BCUT2D eigenvalue weighted by molar-refractivity contribution is -0.384. The summed E-state index contributed by atoms with van der Waals surface area (Å²) in [6.07, 6.45) is 7.51. The molecule has 4 heterocycles. The Morgan fingerprint density at radius 2 is 2.08 bits per heavy atom. The van der Waals surface area contributed by atoms with Gasteiger partial charge in [-0.3, -0.25) is 15.1 Å². The molecule has 0 saturated carbocycles. The quantitative estimate of drug-likeness (QED) is 0.154. The molecule has 1 aliphatic rings. The number of nitrogens with two attached hydrogens (primary N) is 1. The molecule has 0 amide bonds. The Labute approximate surface area is 221 Å². The fourth-order valence-corrected chi connectivity index (χ4v) is 6.55. The van der Waals surface area contributed by atoms with Gasteiger partial charge in [-0.05, 0) is 74.3 Å². The van der Waals surface area contributed by atoms with Gasteiger partial charge in [0.2, 0.25) is 0 Å². The molecule has 0 spiro atoms. The van der Waals surface area contributed by atoms with E-state index in [-0.39, 0.29) is 17.0 Å². The first-order valence-corrected chi connectivity index (χ1v) is 13.9. The third-order valence-corrected chi connectivity index (χ3v) is 8.78. The van der Waals surface area contributed by atoms with Crippen molar-refractivity contribution in [1.82, 2.24) is 9.97 Å². The van der Waals surface area contributed by atoms with E-state index in [1.807, 2.05) is 12.3 Å². The molecule has 1 atom stereocenters. The van der Waals surface area contributed by atoms with Gasteiger partial charge in [-0.1, -0.05) is 26.3 Å². The second-order valence-electron chi connectivity index (χ2n) is 10.7. The van der Waals surface area contributed by atoms with Gasteiger partial charge in [-0.25, -0.2) is 4.98 Å². The summed E-state index contributed by atoms with van der Waals surface area (Å²) in [6.45, 7) is 9.23. The predicted octanol–water partition coefficient (Wildman–Crippen LogP) is 6.95. The minimum Gasteiger partial charge on any atom is -0.393 e. The fourth-order valence-electron chi connectivity index (χ4n) is 5.33. The average Bonchev–Trinajstić information content (AvgIpc) is 3.22. The molecule has 8 heteroatoms. The Kier molecular flexibility index (Phi) is 6.89. The number of nitro benzene ring substituents is 1. The zero-order valence-electron chi connectivity index (χ0n) is 22.0. The van der Waals surface area contributed by atoms with Gasteiger partial charge in [-0.2, -0.15) is 0 Å². The van der Waals surface area contributed by atoms with E-state index in [1.54, 1.807) is 23.5 Å². The Morgan fingerprint density at radius 3 is 2.81 bits per heavy atom. The highest BCUT2D eigenvalue weighted by Crippen LogP contribution is 2.39. The number of rotatable bonds is 8. The summed E-state index contributed by atoms with van der Waals surface area (Å²) in [4.78, 5) is 21.9. The summed E-state index contributed by atoms with van der Waals surface area (Å²) in [5.74, 6) is 0.452. The molecule has 7 nitrogen and oxygen atoms in total. The van der Waals surface area contributed by atoms with Crippen molar-refractivity contribution >= 4 is 43.1 Å². The first-order chi connectivity index (χ1) is 17.7. The van der Waals surface area contributed by atoms with Gasteiger partial charge >= 0.3 is 0 Å². The van der Waals surface area contributed by atoms with E-state index in [4.69, 9.17) is 20.4 Å². The monoisotopic (exact) mass is 518 g/mol. The Hall–Kier alpha value is -3.10. The number of hydrogen-bond donors (Lipinski definition) is 1. The number of fused-ring (bicyclic) bond motifs is 4. The topological polar surface area (TPSA) is 104 Å². The number of aryl methyl sites for hydroxylation is 2. The fraction of sp³-hybridized carbons (Fsp3) is 0.448. The van der Waals surface area contributed by atoms with E-state index in [0.29, 0.717) is 12.5 Å². The van der Waals surface area contributed by atoms with Crippen LogP contribution in [0.3, 0.4) is 0 Å². The molecule has 37 heavy (non-hydrogen) atoms. The van der Waals surface area contributed by atoms with Crippen LogP contribution < -0.4 is 5.73 Å². The van der Waals surface area contributed by atoms with Crippen LogP contribution in [0, 0.1) is 16.0 Å². The standard InChI is InChI=1S/C29H34N4O3S/c1-5-17(7-8-18-9-10-23(30)25(12-18)33(34)35)11-21-19(6-2)15-31-26-22-13-20-16-36-29(3,4)14-24(20)32-28(22)37-27(21)26/h9-10,12-13,15,17H,5-8,11,14,16,30H2,1-4H3. The Morgan fingerprint density at radius 1 is 1.27 bits per heavy atom. The van der Waals surface area contributed by atoms with Crippen LogP contribution in [0.25, 0.3) is 20.4 Å². The van der Waals surface area contributed by atoms with Gasteiger partial charge in [0.25, 0.3) is 5.69 Å². The molecule has 0 aliphatic carbocycles. The van der Waals surface area contributed by atoms with Crippen molar-refractivity contribution in [2.75, 3.05) is 5.73 Å². The Balaban J connectivity index is 1.46. The van der Waals surface area contributed by atoms with Crippen LogP contribution in [0.1, 0.15) is 68.5 Å². The van der Waals surface area contributed by atoms with Gasteiger partial charge in [0.05, 0.1) is 33.0 Å². The van der Waals surface area contributed by atoms with Crippen molar-refractivity contribution in [1.29, 1.82) is 0 Å². The molecule has 1 aliphatic heterocycles. The minimum atomic E-state index is -0.405. The number of pyridine rings is 2. The van der Waals surface area contributed by atoms with Crippen LogP contribution in [0.4, 0.5) is 11.4 Å². The molecule has 1 aromatic carbocycles. The lowest BCUT2D eigenvalue weighted by Gasteiger charge is -2.30. The largest absolute Gasteiger partial charge is 0.393 e. The highest BCUT2D eigenvalue weighted by atomic mass is 32.1. The lowest BCUT2D eigenvalue weighted by Crippen LogP contribution is -2.32. The molecular weight excluding hydrogens is 484 g/mol. The van der Waals surface area contributed by atoms with Crippen LogP contribution >= 0.6 is 11.3 Å². The third-order valence-electron chi connectivity index (χ3n) is 7.63. The number of thiophene rings is 1. The number of hydrogen-bond acceptors (Lipinski definition) is 7.